The normalized spacial score (nSPS) is 22.7. The maximum atomic E-state index is 13.9. The Kier molecular flexibility index (Phi) is 4.02. The highest BCUT2D eigenvalue weighted by Gasteiger charge is 2.48. The van der Waals surface area contributed by atoms with E-state index in [-0.39, 0.29) is 12.5 Å². The predicted molar refractivity (Wildman–Crippen MR) is 79.7 cm³/mol. The number of nitrogens with zero attached hydrogens (tertiary/aromatic N) is 1. The van der Waals surface area contributed by atoms with Crippen LogP contribution in [0.15, 0.2) is 12.1 Å². The lowest BCUT2D eigenvalue weighted by Crippen LogP contribution is -2.33. The molecule has 1 atom stereocenters. The summed E-state index contributed by atoms with van der Waals surface area (Å²) in [5.74, 6) is -2.90. The summed E-state index contributed by atoms with van der Waals surface area (Å²) in [7, 11) is 0. The van der Waals surface area contributed by atoms with Crippen molar-refractivity contribution in [3.63, 3.8) is 0 Å². The molecule has 1 aromatic carbocycles. The van der Waals surface area contributed by atoms with Gasteiger partial charge in [-0.05, 0) is 42.0 Å². The maximum absolute atomic E-state index is 13.9. The van der Waals surface area contributed by atoms with Crippen molar-refractivity contribution in [1.82, 2.24) is 4.90 Å². The van der Waals surface area contributed by atoms with Crippen LogP contribution in [0.5, 0.6) is 0 Å². The van der Waals surface area contributed by atoms with E-state index in [1.807, 2.05) is 6.07 Å². The van der Waals surface area contributed by atoms with Gasteiger partial charge in [0.1, 0.15) is 5.38 Å². The number of carbonyl (C=O) groups excluding carboxylic acids is 1. The first-order chi connectivity index (χ1) is 10.4. The molecule has 0 N–H and O–H groups in total. The van der Waals surface area contributed by atoms with Crippen molar-refractivity contribution < 1.29 is 18.3 Å². The van der Waals surface area contributed by atoms with Crippen LogP contribution in [0.3, 0.4) is 0 Å². The van der Waals surface area contributed by atoms with Gasteiger partial charge in [-0.3, -0.25) is 0 Å². The van der Waals surface area contributed by atoms with Crippen LogP contribution >= 0.6 is 11.6 Å². The average Bonchev–Trinajstić information content (AvgIpc) is 2.64. The summed E-state index contributed by atoms with van der Waals surface area (Å²) in [6.45, 7) is 3.09. The maximum Gasteiger partial charge on any atom is 0.409 e. The molecule has 0 radical (unpaired) electrons. The van der Waals surface area contributed by atoms with Gasteiger partial charge in [0, 0.05) is 19.5 Å². The molecular weight excluding hydrogens is 312 g/mol. The second-order valence-electron chi connectivity index (χ2n) is 5.76. The Bertz CT molecular complexity index is 606. The Labute approximate surface area is 133 Å². The summed E-state index contributed by atoms with van der Waals surface area (Å²) in [6, 6.07) is 3.65. The molecule has 1 heterocycles. The topological polar surface area (TPSA) is 29.5 Å². The van der Waals surface area contributed by atoms with Crippen molar-refractivity contribution in [3.05, 3.63) is 34.4 Å². The standard InChI is InChI=1S/C16H18ClF2NO2/c1-2-22-15(21)20-7-5-10-3-4-11-9-16(18,19)14(17)13(11)12(10)6-8-20/h3-4,14H,2,5-9H2,1H3. The zero-order chi connectivity index (χ0) is 15.9. The van der Waals surface area contributed by atoms with Gasteiger partial charge in [0.05, 0.1) is 6.61 Å². The van der Waals surface area contributed by atoms with Gasteiger partial charge in [-0.25, -0.2) is 13.6 Å². The average molecular weight is 330 g/mol. The molecular formula is C16H18ClF2NO2. The summed E-state index contributed by atoms with van der Waals surface area (Å²) in [5, 5.41) is -1.27. The lowest BCUT2D eigenvalue weighted by Gasteiger charge is -2.19. The van der Waals surface area contributed by atoms with Crippen LogP contribution in [-0.4, -0.2) is 36.6 Å². The molecule has 0 saturated heterocycles. The first kappa shape index (κ1) is 15.5. The minimum absolute atomic E-state index is 0.300. The van der Waals surface area contributed by atoms with Gasteiger partial charge in [-0.2, -0.15) is 0 Å². The number of hydrogen-bond donors (Lipinski definition) is 0. The van der Waals surface area contributed by atoms with Gasteiger partial charge in [0.25, 0.3) is 5.92 Å². The largest absolute Gasteiger partial charge is 0.450 e. The Hall–Kier alpha value is -1.36. The van der Waals surface area contributed by atoms with Crippen LogP contribution in [0.25, 0.3) is 0 Å². The highest BCUT2D eigenvalue weighted by Crippen LogP contribution is 2.49. The van der Waals surface area contributed by atoms with Gasteiger partial charge < -0.3 is 9.64 Å². The van der Waals surface area contributed by atoms with Gasteiger partial charge >= 0.3 is 6.09 Å². The van der Waals surface area contributed by atoms with E-state index < -0.39 is 11.3 Å². The van der Waals surface area contributed by atoms with Crippen LogP contribution in [0.1, 0.15) is 34.6 Å². The van der Waals surface area contributed by atoms with Crippen LogP contribution in [0.2, 0.25) is 0 Å². The molecule has 1 amide bonds. The number of ether oxygens (including phenoxy) is 1. The first-order valence-corrected chi connectivity index (χ1v) is 7.94. The highest BCUT2D eigenvalue weighted by molar-refractivity contribution is 6.22. The monoisotopic (exact) mass is 329 g/mol. The SMILES string of the molecule is CCOC(=O)N1CCc2ccc3c(c2CC1)C(Cl)C(F)(F)C3. The highest BCUT2D eigenvalue weighted by atomic mass is 35.5. The molecule has 22 heavy (non-hydrogen) atoms. The van der Waals surface area contributed by atoms with Crippen LogP contribution in [0.4, 0.5) is 13.6 Å². The van der Waals surface area contributed by atoms with Crippen molar-refractivity contribution in [2.24, 2.45) is 0 Å². The van der Waals surface area contributed by atoms with E-state index >= 15 is 0 Å². The van der Waals surface area contributed by atoms with Crippen molar-refractivity contribution in [1.29, 1.82) is 0 Å². The Morgan fingerprint density at radius 2 is 2.05 bits per heavy atom. The van der Waals surface area contributed by atoms with Gasteiger partial charge in [0.15, 0.2) is 0 Å². The first-order valence-electron chi connectivity index (χ1n) is 7.51. The Morgan fingerprint density at radius 3 is 2.77 bits per heavy atom. The van der Waals surface area contributed by atoms with E-state index in [9.17, 15) is 13.6 Å². The zero-order valence-electron chi connectivity index (χ0n) is 12.4. The zero-order valence-corrected chi connectivity index (χ0v) is 13.1. The Morgan fingerprint density at radius 1 is 1.36 bits per heavy atom. The van der Waals surface area contributed by atoms with Gasteiger partial charge in [-0.1, -0.05) is 12.1 Å². The van der Waals surface area contributed by atoms with Crippen molar-refractivity contribution >= 4 is 17.7 Å². The third-order valence-electron chi connectivity index (χ3n) is 4.40. The number of amides is 1. The molecule has 1 unspecified atom stereocenters. The van der Waals surface area contributed by atoms with Crippen LogP contribution < -0.4 is 0 Å². The molecule has 3 nitrogen and oxygen atoms in total. The summed E-state index contributed by atoms with van der Waals surface area (Å²) in [4.78, 5) is 13.5. The van der Waals surface area contributed by atoms with Crippen molar-refractivity contribution in [3.8, 4) is 0 Å². The van der Waals surface area contributed by atoms with Crippen molar-refractivity contribution in [2.75, 3.05) is 19.7 Å². The quantitative estimate of drug-likeness (QED) is 0.735. The third kappa shape index (κ3) is 2.56. The number of hydrogen-bond acceptors (Lipinski definition) is 2. The van der Waals surface area contributed by atoms with E-state index in [0.29, 0.717) is 43.7 Å². The molecule has 3 rings (SSSR count). The summed E-state index contributed by atoms with van der Waals surface area (Å²) >= 11 is 6.02. The van der Waals surface area contributed by atoms with E-state index in [0.717, 1.165) is 11.1 Å². The molecule has 6 heteroatoms. The van der Waals surface area contributed by atoms with Crippen LogP contribution in [0, 0.1) is 0 Å². The van der Waals surface area contributed by atoms with E-state index in [2.05, 4.69) is 0 Å². The minimum atomic E-state index is -2.90. The molecule has 120 valence electrons. The molecule has 1 aliphatic heterocycles. The van der Waals surface area contributed by atoms with Gasteiger partial charge in [-0.15, -0.1) is 11.6 Å². The minimum Gasteiger partial charge on any atom is -0.450 e. The molecule has 0 fully saturated rings. The molecule has 0 saturated carbocycles. The lowest BCUT2D eigenvalue weighted by molar-refractivity contribution is 0.00766. The molecule has 1 aromatic rings. The fourth-order valence-corrected chi connectivity index (χ4v) is 3.67. The fraction of sp³-hybridized carbons (Fsp3) is 0.562. The summed E-state index contributed by atoms with van der Waals surface area (Å²) < 4.78 is 32.8. The smallest absolute Gasteiger partial charge is 0.409 e. The number of alkyl halides is 3. The second-order valence-corrected chi connectivity index (χ2v) is 6.20. The number of halogens is 3. The number of rotatable bonds is 1. The summed E-state index contributed by atoms with van der Waals surface area (Å²) in [6.07, 6.45) is 0.526. The van der Waals surface area contributed by atoms with E-state index in [1.165, 1.54) is 0 Å². The fourth-order valence-electron chi connectivity index (χ4n) is 3.32. The molecule has 0 aromatic heterocycles. The van der Waals surface area contributed by atoms with E-state index in [1.54, 1.807) is 17.9 Å². The Balaban J connectivity index is 1.89. The lowest BCUT2D eigenvalue weighted by atomic mass is 9.94. The number of benzene rings is 1. The van der Waals surface area contributed by atoms with E-state index in [4.69, 9.17) is 16.3 Å². The van der Waals surface area contributed by atoms with Crippen LogP contribution in [-0.2, 0) is 24.0 Å². The van der Waals surface area contributed by atoms with Crippen molar-refractivity contribution in [2.45, 2.75) is 37.5 Å². The summed E-state index contributed by atoms with van der Waals surface area (Å²) in [5.41, 5.74) is 3.11. The number of carbonyl (C=O) groups is 1. The second kappa shape index (κ2) is 5.69. The predicted octanol–water partition coefficient (Wildman–Crippen LogP) is 3.72. The third-order valence-corrected chi connectivity index (χ3v) is 4.94. The molecule has 0 spiro atoms. The molecule has 2 aliphatic rings. The number of fused-ring (bicyclic) bond motifs is 3. The molecule has 0 bridgehead atoms. The molecule has 1 aliphatic carbocycles. The van der Waals surface area contributed by atoms with Gasteiger partial charge in [0.2, 0.25) is 0 Å².